The van der Waals surface area contributed by atoms with Gasteiger partial charge in [-0.25, -0.2) is 0 Å². The number of aromatic nitrogens is 4. The van der Waals surface area contributed by atoms with Crippen LogP contribution in [0.4, 0.5) is 5.69 Å². The standard InChI is InChI=1S/C18H19N5O2/c1-2-25-15-10-8-14(9-11-15)19-18(24)16(17-20-22-23-21-17)12-13-6-4-3-5-7-13/h3-11,16H,2,12H2,1H3,(H,19,24)(H,20,21,22,23)/t16-/m0/s1. The molecule has 7 heteroatoms. The molecular formula is C18H19N5O2. The van der Waals surface area contributed by atoms with Crippen molar-refractivity contribution in [2.75, 3.05) is 11.9 Å². The molecule has 1 heterocycles. The van der Waals surface area contributed by atoms with Gasteiger partial charge in [0.1, 0.15) is 11.7 Å². The minimum Gasteiger partial charge on any atom is -0.494 e. The van der Waals surface area contributed by atoms with E-state index in [2.05, 4.69) is 25.9 Å². The highest BCUT2D eigenvalue weighted by molar-refractivity contribution is 5.95. The van der Waals surface area contributed by atoms with Crippen LogP contribution in [0.25, 0.3) is 0 Å². The second kappa shape index (κ2) is 8.05. The van der Waals surface area contributed by atoms with Gasteiger partial charge in [0, 0.05) is 5.69 Å². The number of H-pyrrole nitrogens is 1. The molecule has 128 valence electrons. The Hall–Kier alpha value is -3.22. The molecule has 0 aliphatic rings. The van der Waals surface area contributed by atoms with E-state index in [0.29, 0.717) is 24.5 Å². The summed E-state index contributed by atoms with van der Waals surface area (Å²) < 4.78 is 5.41. The normalized spacial score (nSPS) is 11.7. The molecule has 0 spiro atoms. The Kier molecular flexibility index (Phi) is 5.36. The number of nitrogens with one attached hydrogen (secondary N) is 2. The average Bonchev–Trinajstić information content (AvgIpc) is 3.17. The molecule has 2 aromatic carbocycles. The molecule has 1 amide bonds. The summed E-state index contributed by atoms with van der Waals surface area (Å²) in [7, 11) is 0. The van der Waals surface area contributed by atoms with Gasteiger partial charge in [0.25, 0.3) is 0 Å². The van der Waals surface area contributed by atoms with Crippen LogP contribution in [0.2, 0.25) is 0 Å². The zero-order chi connectivity index (χ0) is 17.5. The topological polar surface area (TPSA) is 92.8 Å². The van der Waals surface area contributed by atoms with Crippen molar-refractivity contribution in [3.8, 4) is 5.75 Å². The third-order valence-corrected chi connectivity index (χ3v) is 3.71. The zero-order valence-electron chi connectivity index (χ0n) is 13.8. The zero-order valence-corrected chi connectivity index (χ0v) is 13.8. The van der Waals surface area contributed by atoms with E-state index in [4.69, 9.17) is 4.74 Å². The van der Waals surface area contributed by atoms with Gasteiger partial charge in [-0.3, -0.25) is 4.79 Å². The van der Waals surface area contributed by atoms with Crippen molar-refractivity contribution < 1.29 is 9.53 Å². The molecule has 25 heavy (non-hydrogen) atoms. The quantitative estimate of drug-likeness (QED) is 0.691. The third kappa shape index (κ3) is 4.41. The number of carbonyl (C=O) groups excluding carboxylic acids is 1. The molecular weight excluding hydrogens is 318 g/mol. The molecule has 0 aliphatic carbocycles. The van der Waals surface area contributed by atoms with Crippen molar-refractivity contribution in [3.05, 3.63) is 66.0 Å². The Balaban J connectivity index is 1.75. The molecule has 0 unspecified atom stereocenters. The predicted molar refractivity (Wildman–Crippen MR) is 93.3 cm³/mol. The molecule has 0 aliphatic heterocycles. The Morgan fingerprint density at radius 1 is 1.16 bits per heavy atom. The summed E-state index contributed by atoms with van der Waals surface area (Å²) in [6, 6.07) is 17.0. The summed E-state index contributed by atoms with van der Waals surface area (Å²) in [6.45, 7) is 2.53. The van der Waals surface area contributed by atoms with Gasteiger partial charge in [-0.15, -0.1) is 10.2 Å². The van der Waals surface area contributed by atoms with Crippen molar-refractivity contribution in [1.29, 1.82) is 0 Å². The van der Waals surface area contributed by atoms with E-state index < -0.39 is 5.92 Å². The number of amides is 1. The van der Waals surface area contributed by atoms with Crippen LogP contribution in [-0.2, 0) is 11.2 Å². The minimum absolute atomic E-state index is 0.186. The van der Waals surface area contributed by atoms with E-state index in [1.54, 1.807) is 12.1 Å². The monoisotopic (exact) mass is 337 g/mol. The fourth-order valence-corrected chi connectivity index (χ4v) is 2.50. The maximum Gasteiger partial charge on any atom is 0.235 e. The van der Waals surface area contributed by atoms with Gasteiger partial charge in [-0.05, 0) is 43.2 Å². The number of ether oxygens (including phenoxy) is 1. The van der Waals surface area contributed by atoms with Gasteiger partial charge >= 0.3 is 0 Å². The summed E-state index contributed by atoms with van der Waals surface area (Å²) in [5.41, 5.74) is 1.72. The Labute approximate surface area is 145 Å². The summed E-state index contributed by atoms with van der Waals surface area (Å²) in [6.07, 6.45) is 0.489. The van der Waals surface area contributed by atoms with Crippen molar-refractivity contribution in [1.82, 2.24) is 20.6 Å². The maximum atomic E-state index is 12.8. The van der Waals surface area contributed by atoms with Gasteiger partial charge in [0.15, 0.2) is 5.82 Å². The lowest BCUT2D eigenvalue weighted by Crippen LogP contribution is -2.24. The summed E-state index contributed by atoms with van der Waals surface area (Å²) in [5, 5.41) is 16.9. The second-order valence-corrected chi connectivity index (χ2v) is 5.46. The van der Waals surface area contributed by atoms with Gasteiger partial charge in [-0.2, -0.15) is 5.21 Å². The highest BCUT2D eigenvalue weighted by atomic mass is 16.5. The maximum absolute atomic E-state index is 12.8. The highest BCUT2D eigenvalue weighted by Gasteiger charge is 2.25. The van der Waals surface area contributed by atoms with Crippen LogP contribution in [0, 0.1) is 0 Å². The highest BCUT2D eigenvalue weighted by Crippen LogP contribution is 2.21. The lowest BCUT2D eigenvalue weighted by Gasteiger charge is -2.14. The van der Waals surface area contributed by atoms with Crippen molar-refractivity contribution in [2.45, 2.75) is 19.3 Å². The molecule has 0 radical (unpaired) electrons. The predicted octanol–water partition coefficient (Wildman–Crippen LogP) is 2.56. The van der Waals surface area contributed by atoms with Crippen LogP contribution >= 0.6 is 0 Å². The van der Waals surface area contributed by atoms with Gasteiger partial charge < -0.3 is 10.1 Å². The van der Waals surface area contributed by atoms with E-state index in [1.165, 1.54) is 0 Å². The van der Waals surface area contributed by atoms with Crippen LogP contribution in [0.5, 0.6) is 5.75 Å². The lowest BCUT2D eigenvalue weighted by molar-refractivity contribution is -0.117. The summed E-state index contributed by atoms with van der Waals surface area (Å²) in [4.78, 5) is 12.8. The van der Waals surface area contributed by atoms with Crippen LogP contribution in [0.3, 0.4) is 0 Å². The van der Waals surface area contributed by atoms with Gasteiger partial charge in [-0.1, -0.05) is 35.5 Å². The number of benzene rings is 2. The number of anilines is 1. The second-order valence-electron chi connectivity index (χ2n) is 5.46. The molecule has 7 nitrogen and oxygen atoms in total. The van der Waals surface area contributed by atoms with E-state index in [0.717, 1.165) is 11.3 Å². The smallest absolute Gasteiger partial charge is 0.235 e. The molecule has 3 rings (SSSR count). The largest absolute Gasteiger partial charge is 0.494 e. The molecule has 1 aromatic heterocycles. The lowest BCUT2D eigenvalue weighted by atomic mass is 9.97. The van der Waals surface area contributed by atoms with E-state index in [9.17, 15) is 4.79 Å². The van der Waals surface area contributed by atoms with Crippen LogP contribution in [-0.4, -0.2) is 33.1 Å². The molecule has 0 fully saturated rings. The third-order valence-electron chi connectivity index (χ3n) is 3.71. The summed E-state index contributed by atoms with van der Waals surface area (Å²) in [5.74, 6) is 0.411. The first-order chi connectivity index (χ1) is 12.3. The van der Waals surface area contributed by atoms with E-state index in [-0.39, 0.29) is 5.91 Å². The van der Waals surface area contributed by atoms with Crippen molar-refractivity contribution >= 4 is 11.6 Å². The number of rotatable bonds is 7. The number of aromatic amines is 1. The number of hydrogen-bond acceptors (Lipinski definition) is 5. The minimum atomic E-state index is -0.535. The molecule has 0 saturated carbocycles. The van der Waals surface area contributed by atoms with Crippen molar-refractivity contribution in [3.63, 3.8) is 0 Å². The Bertz CT molecular complexity index is 788. The molecule has 0 bridgehead atoms. The first-order valence-corrected chi connectivity index (χ1v) is 8.07. The number of carbonyl (C=O) groups is 1. The Morgan fingerprint density at radius 3 is 2.56 bits per heavy atom. The molecule has 1 atom stereocenters. The first-order valence-electron chi connectivity index (χ1n) is 8.07. The van der Waals surface area contributed by atoms with Gasteiger partial charge in [0.2, 0.25) is 5.91 Å². The Morgan fingerprint density at radius 2 is 1.92 bits per heavy atom. The molecule has 2 N–H and O–H groups in total. The molecule has 0 saturated heterocycles. The van der Waals surface area contributed by atoms with Crippen molar-refractivity contribution in [2.24, 2.45) is 0 Å². The number of nitrogens with zero attached hydrogens (tertiary/aromatic N) is 3. The summed E-state index contributed by atoms with van der Waals surface area (Å²) >= 11 is 0. The van der Waals surface area contributed by atoms with Crippen LogP contribution in [0.1, 0.15) is 24.2 Å². The fraction of sp³-hybridized carbons (Fsp3) is 0.222. The average molecular weight is 337 g/mol. The first kappa shape index (κ1) is 16.6. The molecule has 3 aromatic rings. The van der Waals surface area contributed by atoms with Gasteiger partial charge in [0.05, 0.1) is 6.61 Å². The van der Waals surface area contributed by atoms with Crippen LogP contribution in [0.15, 0.2) is 54.6 Å². The fourth-order valence-electron chi connectivity index (χ4n) is 2.50. The van der Waals surface area contributed by atoms with Crippen LogP contribution < -0.4 is 10.1 Å². The SMILES string of the molecule is CCOc1ccc(NC(=O)[C@@H](Cc2ccccc2)c2nn[nH]n2)cc1. The number of hydrogen-bond donors (Lipinski definition) is 2. The van der Waals surface area contributed by atoms with E-state index >= 15 is 0 Å². The van der Waals surface area contributed by atoms with E-state index in [1.807, 2.05) is 49.4 Å². The number of tetrazole rings is 1.